The van der Waals surface area contributed by atoms with E-state index in [0.29, 0.717) is 6.54 Å². The molecule has 96 valence electrons. The van der Waals surface area contributed by atoms with Crippen LogP contribution >= 0.6 is 0 Å². The SMILES string of the molecule is Cc1ccc(C#CCN)cc1NC(=O)C(C)(C)C. The summed E-state index contributed by atoms with van der Waals surface area (Å²) in [6.07, 6.45) is 0. The molecule has 1 aromatic carbocycles. The summed E-state index contributed by atoms with van der Waals surface area (Å²) in [4.78, 5) is 11.9. The second kappa shape index (κ2) is 5.70. The number of nitrogens with two attached hydrogens (primary N) is 1. The number of hydrogen-bond donors (Lipinski definition) is 2. The van der Waals surface area contributed by atoms with E-state index in [9.17, 15) is 4.79 Å². The summed E-state index contributed by atoms with van der Waals surface area (Å²) in [5.74, 6) is 5.75. The summed E-state index contributed by atoms with van der Waals surface area (Å²) in [7, 11) is 0. The maximum absolute atomic E-state index is 11.9. The van der Waals surface area contributed by atoms with Gasteiger partial charge in [-0.05, 0) is 24.6 Å². The van der Waals surface area contributed by atoms with Gasteiger partial charge in [0.15, 0.2) is 0 Å². The Balaban J connectivity index is 2.98. The summed E-state index contributed by atoms with van der Waals surface area (Å²) in [5.41, 5.74) is 7.61. The van der Waals surface area contributed by atoms with E-state index in [2.05, 4.69) is 17.2 Å². The van der Waals surface area contributed by atoms with Crippen LogP contribution in [0.1, 0.15) is 31.9 Å². The van der Waals surface area contributed by atoms with E-state index in [1.54, 1.807) is 0 Å². The number of benzene rings is 1. The van der Waals surface area contributed by atoms with Gasteiger partial charge in [0.2, 0.25) is 5.91 Å². The molecule has 0 unspecified atom stereocenters. The van der Waals surface area contributed by atoms with Crippen molar-refractivity contribution in [2.75, 3.05) is 11.9 Å². The molecule has 0 spiro atoms. The number of hydrogen-bond acceptors (Lipinski definition) is 2. The Morgan fingerprint density at radius 2 is 2.06 bits per heavy atom. The van der Waals surface area contributed by atoms with Crippen LogP contribution in [0.15, 0.2) is 18.2 Å². The first-order valence-electron chi connectivity index (χ1n) is 5.95. The van der Waals surface area contributed by atoms with E-state index >= 15 is 0 Å². The molecule has 0 heterocycles. The van der Waals surface area contributed by atoms with Gasteiger partial charge in [-0.15, -0.1) is 0 Å². The van der Waals surface area contributed by atoms with Crippen molar-refractivity contribution in [3.63, 3.8) is 0 Å². The minimum atomic E-state index is -0.411. The van der Waals surface area contributed by atoms with Crippen molar-refractivity contribution < 1.29 is 4.79 Å². The first kappa shape index (κ1) is 14.3. The predicted octanol–water partition coefficient (Wildman–Crippen LogP) is 2.29. The number of carbonyl (C=O) groups is 1. The molecular weight excluding hydrogens is 224 g/mol. The van der Waals surface area contributed by atoms with Crippen molar-refractivity contribution in [3.05, 3.63) is 29.3 Å². The standard InChI is InChI=1S/C15H20N2O/c1-11-7-8-12(6-5-9-16)10-13(11)17-14(18)15(2,3)4/h7-8,10H,9,16H2,1-4H3,(H,17,18). The third-order valence-corrected chi connectivity index (χ3v) is 2.50. The third-order valence-electron chi connectivity index (χ3n) is 2.50. The van der Waals surface area contributed by atoms with Gasteiger partial charge in [0.25, 0.3) is 0 Å². The minimum absolute atomic E-state index is 0.00506. The molecule has 1 aromatic rings. The monoisotopic (exact) mass is 244 g/mol. The first-order valence-corrected chi connectivity index (χ1v) is 5.95. The Morgan fingerprint density at radius 3 is 2.61 bits per heavy atom. The molecule has 0 atom stereocenters. The molecular formula is C15H20N2O. The molecule has 0 aliphatic rings. The maximum atomic E-state index is 11.9. The zero-order chi connectivity index (χ0) is 13.8. The van der Waals surface area contributed by atoms with Crippen LogP contribution in [-0.2, 0) is 4.79 Å². The molecule has 0 radical (unpaired) electrons. The van der Waals surface area contributed by atoms with Gasteiger partial charge in [-0.3, -0.25) is 4.79 Å². The molecule has 3 N–H and O–H groups in total. The van der Waals surface area contributed by atoms with Crippen molar-refractivity contribution in [3.8, 4) is 11.8 Å². The Bertz CT molecular complexity index is 501. The maximum Gasteiger partial charge on any atom is 0.229 e. The van der Waals surface area contributed by atoms with E-state index in [4.69, 9.17) is 5.73 Å². The molecule has 18 heavy (non-hydrogen) atoms. The summed E-state index contributed by atoms with van der Waals surface area (Å²) in [5, 5.41) is 2.93. The largest absolute Gasteiger partial charge is 0.325 e. The second-order valence-corrected chi connectivity index (χ2v) is 5.24. The lowest BCUT2D eigenvalue weighted by atomic mass is 9.95. The first-order chi connectivity index (χ1) is 8.34. The van der Waals surface area contributed by atoms with Crippen molar-refractivity contribution in [2.24, 2.45) is 11.1 Å². The number of anilines is 1. The molecule has 3 nitrogen and oxygen atoms in total. The van der Waals surface area contributed by atoms with Crippen LogP contribution in [0.2, 0.25) is 0 Å². The normalized spacial score (nSPS) is 10.5. The van der Waals surface area contributed by atoms with E-state index in [1.807, 2.05) is 45.9 Å². The van der Waals surface area contributed by atoms with Gasteiger partial charge in [0.05, 0.1) is 6.54 Å². The highest BCUT2D eigenvalue weighted by molar-refractivity contribution is 5.95. The smallest absolute Gasteiger partial charge is 0.229 e. The Kier molecular flexibility index (Phi) is 4.52. The number of nitrogens with one attached hydrogen (secondary N) is 1. The van der Waals surface area contributed by atoms with E-state index in [-0.39, 0.29) is 5.91 Å². The van der Waals surface area contributed by atoms with Gasteiger partial charge in [0.1, 0.15) is 0 Å². The molecule has 0 aliphatic heterocycles. The van der Waals surface area contributed by atoms with Gasteiger partial charge in [-0.25, -0.2) is 0 Å². The number of rotatable bonds is 1. The van der Waals surface area contributed by atoms with E-state index in [1.165, 1.54) is 0 Å². The summed E-state index contributed by atoms with van der Waals surface area (Å²) < 4.78 is 0. The molecule has 0 aromatic heterocycles. The van der Waals surface area contributed by atoms with Crippen LogP contribution in [0.5, 0.6) is 0 Å². The van der Waals surface area contributed by atoms with Gasteiger partial charge in [-0.2, -0.15) is 0 Å². The molecule has 0 saturated heterocycles. The topological polar surface area (TPSA) is 55.1 Å². The fourth-order valence-corrected chi connectivity index (χ4v) is 1.30. The Labute approximate surface area is 109 Å². The van der Waals surface area contributed by atoms with Crippen LogP contribution in [0.25, 0.3) is 0 Å². The van der Waals surface area contributed by atoms with Crippen LogP contribution in [0, 0.1) is 24.2 Å². The average molecular weight is 244 g/mol. The predicted molar refractivity (Wildman–Crippen MR) is 75.2 cm³/mol. The number of amides is 1. The highest BCUT2D eigenvalue weighted by Gasteiger charge is 2.21. The third kappa shape index (κ3) is 3.90. The summed E-state index contributed by atoms with van der Waals surface area (Å²) in [6, 6.07) is 5.74. The van der Waals surface area contributed by atoms with Crippen LogP contribution in [0.3, 0.4) is 0 Å². The van der Waals surface area contributed by atoms with Gasteiger partial charge < -0.3 is 11.1 Å². The zero-order valence-corrected chi connectivity index (χ0v) is 11.4. The van der Waals surface area contributed by atoms with Crippen molar-refractivity contribution >= 4 is 11.6 Å². The van der Waals surface area contributed by atoms with Crippen LogP contribution in [0.4, 0.5) is 5.69 Å². The summed E-state index contributed by atoms with van der Waals surface area (Å²) >= 11 is 0. The molecule has 1 amide bonds. The zero-order valence-electron chi connectivity index (χ0n) is 11.4. The van der Waals surface area contributed by atoms with E-state index < -0.39 is 5.41 Å². The van der Waals surface area contributed by atoms with Gasteiger partial charge in [-0.1, -0.05) is 38.7 Å². The molecule has 0 fully saturated rings. The van der Waals surface area contributed by atoms with Crippen LogP contribution < -0.4 is 11.1 Å². The second-order valence-electron chi connectivity index (χ2n) is 5.24. The molecule has 3 heteroatoms. The summed E-state index contributed by atoms with van der Waals surface area (Å²) in [6.45, 7) is 7.94. The lowest BCUT2D eigenvalue weighted by Gasteiger charge is -2.18. The lowest BCUT2D eigenvalue weighted by molar-refractivity contribution is -0.123. The highest BCUT2D eigenvalue weighted by Crippen LogP contribution is 2.21. The minimum Gasteiger partial charge on any atom is -0.325 e. The van der Waals surface area contributed by atoms with Gasteiger partial charge >= 0.3 is 0 Å². The number of carbonyl (C=O) groups excluding carboxylic acids is 1. The fraction of sp³-hybridized carbons (Fsp3) is 0.400. The lowest BCUT2D eigenvalue weighted by Crippen LogP contribution is -2.27. The Hall–Kier alpha value is -1.79. The van der Waals surface area contributed by atoms with Crippen molar-refractivity contribution in [1.29, 1.82) is 0 Å². The highest BCUT2D eigenvalue weighted by atomic mass is 16.2. The van der Waals surface area contributed by atoms with Crippen LogP contribution in [-0.4, -0.2) is 12.5 Å². The van der Waals surface area contributed by atoms with Gasteiger partial charge in [0, 0.05) is 16.7 Å². The van der Waals surface area contributed by atoms with Crippen molar-refractivity contribution in [2.45, 2.75) is 27.7 Å². The average Bonchev–Trinajstić information content (AvgIpc) is 2.28. The quantitative estimate of drug-likeness (QED) is 0.745. The Morgan fingerprint density at radius 1 is 1.39 bits per heavy atom. The molecule has 0 saturated carbocycles. The van der Waals surface area contributed by atoms with Crippen molar-refractivity contribution in [1.82, 2.24) is 0 Å². The van der Waals surface area contributed by atoms with E-state index in [0.717, 1.165) is 16.8 Å². The number of aryl methyl sites for hydroxylation is 1. The molecule has 0 aliphatic carbocycles. The molecule has 0 bridgehead atoms. The fourth-order valence-electron chi connectivity index (χ4n) is 1.30. The molecule has 1 rings (SSSR count).